The van der Waals surface area contributed by atoms with Gasteiger partial charge in [-0.15, -0.1) is 6.58 Å². The molecule has 0 aliphatic heterocycles. The molecule has 0 aliphatic carbocycles. The summed E-state index contributed by atoms with van der Waals surface area (Å²) in [7, 11) is 0. The molecule has 0 unspecified atom stereocenters. The van der Waals surface area contributed by atoms with Gasteiger partial charge in [0.25, 0.3) is 0 Å². The van der Waals surface area contributed by atoms with Crippen LogP contribution in [0.4, 0.5) is 4.79 Å². The molecule has 0 heterocycles. The van der Waals surface area contributed by atoms with Crippen LogP contribution in [0.2, 0.25) is 0 Å². The Labute approximate surface area is 78.5 Å². The van der Waals surface area contributed by atoms with Crippen LogP contribution >= 0.6 is 0 Å². The second kappa shape index (κ2) is 4.28. The third-order valence-electron chi connectivity index (χ3n) is 1.72. The summed E-state index contributed by atoms with van der Waals surface area (Å²) in [5.41, 5.74) is -0.534. The number of hydrogen-bond acceptors (Lipinski definition) is 2. The summed E-state index contributed by atoms with van der Waals surface area (Å²) >= 11 is 0. The van der Waals surface area contributed by atoms with Gasteiger partial charge in [-0.05, 0) is 20.8 Å². The van der Waals surface area contributed by atoms with E-state index in [0.717, 1.165) is 0 Å². The van der Waals surface area contributed by atoms with Gasteiger partial charge in [0.2, 0.25) is 0 Å². The molecule has 0 spiro atoms. The van der Waals surface area contributed by atoms with Crippen molar-refractivity contribution in [3.63, 3.8) is 0 Å². The fraction of sp³-hybridized carbons (Fsp3) is 0.667. The van der Waals surface area contributed by atoms with E-state index in [1.54, 1.807) is 20.8 Å². The number of hydrogen-bond donors (Lipinski definition) is 2. The number of carboxylic acid groups (broad SMARTS) is 1. The maximum absolute atomic E-state index is 10.9. The molecule has 0 saturated heterocycles. The lowest BCUT2D eigenvalue weighted by Gasteiger charge is -2.37. The Morgan fingerprint density at radius 3 is 2.15 bits per heavy atom. The largest absolute Gasteiger partial charge is 0.465 e. The quantitative estimate of drug-likeness (QED) is 0.655. The maximum Gasteiger partial charge on any atom is 0.408 e. The molecule has 76 valence electrons. The number of carbonyl (C=O) groups is 1. The maximum atomic E-state index is 10.9. The van der Waals surface area contributed by atoms with E-state index in [1.165, 1.54) is 11.0 Å². The van der Waals surface area contributed by atoms with Crippen LogP contribution < -0.4 is 0 Å². The predicted octanol–water partition coefficient (Wildman–Crippen LogP) is 1.31. The lowest BCUT2D eigenvalue weighted by Crippen LogP contribution is -2.51. The van der Waals surface area contributed by atoms with Crippen LogP contribution in [0, 0.1) is 0 Å². The fourth-order valence-electron chi connectivity index (χ4n) is 1.19. The highest BCUT2D eigenvalue weighted by Crippen LogP contribution is 2.17. The van der Waals surface area contributed by atoms with Crippen LogP contribution in [0.5, 0.6) is 0 Å². The van der Waals surface area contributed by atoms with Gasteiger partial charge in [0, 0.05) is 5.54 Å². The van der Waals surface area contributed by atoms with Crippen LogP contribution in [-0.2, 0) is 0 Å². The Bertz CT molecular complexity index is 196. The summed E-state index contributed by atoms with van der Waals surface area (Å²) in [4.78, 5) is 12.1. The van der Waals surface area contributed by atoms with Gasteiger partial charge < -0.3 is 10.2 Å². The first-order valence-corrected chi connectivity index (χ1v) is 4.10. The highest BCUT2D eigenvalue weighted by atomic mass is 16.4. The molecule has 0 bridgehead atoms. The van der Waals surface area contributed by atoms with Gasteiger partial charge in [0.05, 0.1) is 12.6 Å². The topological polar surface area (TPSA) is 60.8 Å². The predicted molar refractivity (Wildman–Crippen MR) is 50.7 cm³/mol. The molecule has 0 aromatic heterocycles. The average Bonchev–Trinajstić information content (AvgIpc) is 1.96. The monoisotopic (exact) mass is 187 g/mol. The van der Waals surface area contributed by atoms with E-state index in [-0.39, 0.29) is 6.61 Å². The van der Waals surface area contributed by atoms with Crippen LogP contribution in [0.15, 0.2) is 12.7 Å². The van der Waals surface area contributed by atoms with Gasteiger partial charge in [-0.1, -0.05) is 6.08 Å². The Hall–Kier alpha value is -1.03. The molecule has 0 aromatic carbocycles. The number of aliphatic hydroxyl groups is 1. The molecule has 4 heteroatoms. The van der Waals surface area contributed by atoms with Gasteiger partial charge in [-0.3, -0.25) is 4.90 Å². The number of amides is 1. The second-order valence-electron chi connectivity index (χ2n) is 3.81. The molecule has 13 heavy (non-hydrogen) atoms. The lowest BCUT2D eigenvalue weighted by molar-refractivity contribution is 0.0629. The van der Waals surface area contributed by atoms with Crippen molar-refractivity contribution in [2.75, 3.05) is 6.61 Å². The van der Waals surface area contributed by atoms with E-state index in [1.807, 2.05) is 0 Å². The molecule has 0 aromatic rings. The highest BCUT2D eigenvalue weighted by Gasteiger charge is 2.30. The van der Waals surface area contributed by atoms with Crippen molar-refractivity contribution in [3.8, 4) is 0 Å². The Morgan fingerprint density at radius 2 is 2.08 bits per heavy atom. The molecule has 0 rings (SSSR count). The van der Waals surface area contributed by atoms with E-state index in [2.05, 4.69) is 6.58 Å². The number of nitrogens with zero attached hydrogens (tertiary/aromatic N) is 1. The molecule has 0 fully saturated rings. The minimum Gasteiger partial charge on any atom is -0.465 e. The van der Waals surface area contributed by atoms with Gasteiger partial charge in [0.1, 0.15) is 0 Å². The molecule has 4 nitrogen and oxygen atoms in total. The summed E-state index contributed by atoms with van der Waals surface area (Å²) in [6.07, 6.45) is 0.380. The molecular weight excluding hydrogens is 170 g/mol. The first-order valence-electron chi connectivity index (χ1n) is 4.10. The van der Waals surface area contributed by atoms with Crippen molar-refractivity contribution in [1.29, 1.82) is 0 Å². The van der Waals surface area contributed by atoms with Gasteiger partial charge in [0.15, 0.2) is 0 Å². The van der Waals surface area contributed by atoms with Crippen molar-refractivity contribution in [2.45, 2.75) is 32.4 Å². The SMILES string of the molecule is C=C[C@H](CO)N(C(=O)O)C(C)(C)C. The molecular formula is C9H17NO3. The van der Waals surface area contributed by atoms with Crippen molar-refractivity contribution in [2.24, 2.45) is 0 Å². The van der Waals surface area contributed by atoms with Crippen LogP contribution in [0.3, 0.4) is 0 Å². The standard InChI is InChI=1S/C9H17NO3/c1-5-7(6-11)10(8(12)13)9(2,3)4/h5,7,11H,1,6H2,2-4H3,(H,12,13)/t7-/m1/s1. The van der Waals surface area contributed by atoms with Crippen molar-refractivity contribution >= 4 is 6.09 Å². The van der Waals surface area contributed by atoms with Gasteiger partial charge in [-0.25, -0.2) is 4.79 Å². The first-order chi connectivity index (χ1) is 5.84. The van der Waals surface area contributed by atoms with E-state index in [9.17, 15) is 4.79 Å². The molecule has 1 atom stereocenters. The zero-order chi connectivity index (χ0) is 10.6. The number of rotatable bonds is 3. The molecule has 1 amide bonds. The van der Waals surface area contributed by atoms with Gasteiger partial charge in [-0.2, -0.15) is 0 Å². The third kappa shape index (κ3) is 3.06. The van der Waals surface area contributed by atoms with Crippen LogP contribution in [0.1, 0.15) is 20.8 Å². The first kappa shape index (κ1) is 12.0. The van der Waals surface area contributed by atoms with Crippen molar-refractivity contribution in [1.82, 2.24) is 4.90 Å². The Balaban J connectivity index is 4.79. The van der Waals surface area contributed by atoms with Gasteiger partial charge >= 0.3 is 6.09 Å². The van der Waals surface area contributed by atoms with E-state index < -0.39 is 17.7 Å². The smallest absolute Gasteiger partial charge is 0.408 e. The Morgan fingerprint density at radius 1 is 1.62 bits per heavy atom. The Kier molecular flexibility index (Phi) is 3.94. The minimum absolute atomic E-state index is 0.243. The van der Waals surface area contributed by atoms with E-state index in [0.29, 0.717) is 0 Å². The van der Waals surface area contributed by atoms with Crippen molar-refractivity contribution in [3.05, 3.63) is 12.7 Å². The van der Waals surface area contributed by atoms with E-state index in [4.69, 9.17) is 10.2 Å². The zero-order valence-electron chi connectivity index (χ0n) is 8.32. The second-order valence-corrected chi connectivity index (χ2v) is 3.81. The minimum atomic E-state index is -1.05. The normalized spacial score (nSPS) is 13.5. The van der Waals surface area contributed by atoms with E-state index >= 15 is 0 Å². The fourth-order valence-corrected chi connectivity index (χ4v) is 1.19. The molecule has 2 N–H and O–H groups in total. The van der Waals surface area contributed by atoms with Crippen LogP contribution in [0.25, 0.3) is 0 Å². The summed E-state index contributed by atoms with van der Waals surface area (Å²) in [6, 6.07) is -0.544. The molecule has 0 aliphatic rings. The summed E-state index contributed by atoms with van der Waals surface area (Å²) in [5, 5.41) is 17.8. The molecule has 0 saturated carbocycles. The van der Waals surface area contributed by atoms with Crippen molar-refractivity contribution < 1.29 is 15.0 Å². The van der Waals surface area contributed by atoms with Crippen LogP contribution in [-0.4, -0.2) is 39.4 Å². The third-order valence-corrected chi connectivity index (χ3v) is 1.72. The lowest BCUT2D eigenvalue weighted by atomic mass is 10.0. The summed E-state index contributed by atoms with van der Waals surface area (Å²) < 4.78 is 0. The summed E-state index contributed by atoms with van der Waals surface area (Å²) in [5.74, 6) is 0. The summed E-state index contributed by atoms with van der Waals surface area (Å²) in [6.45, 7) is 8.55. The molecule has 0 radical (unpaired) electrons. The zero-order valence-corrected chi connectivity index (χ0v) is 8.32. The number of aliphatic hydroxyl groups excluding tert-OH is 1. The average molecular weight is 187 g/mol. The highest BCUT2D eigenvalue weighted by molar-refractivity contribution is 5.66.